The van der Waals surface area contributed by atoms with E-state index >= 15 is 0 Å². The first kappa shape index (κ1) is 13.7. The summed E-state index contributed by atoms with van der Waals surface area (Å²) in [6.45, 7) is 0.241. The van der Waals surface area contributed by atoms with Crippen molar-refractivity contribution in [2.24, 2.45) is 0 Å². The average molecular weight is 358 g/mol. The second-order valence-electron chi connectivity index (χ2n) is 4.48. The molecular weight excluding hydrogens is 347 g/mol. The van der Waals surface area contributed by atoms with Crippen LogP contribution in [0, 0.1) is 5.82 Å². The van der Waals surface area contributed by atoms with Crippen molar-refractivity contribution < 1.29 is 13.9 Å². The van der Waals surface area contributed by atoms with Gasteiger partial charge in [0.05, 0.1) is 0 Å². The van der Waals surface area contributed by atoms with Crippen LogP contribution in [0.3, 0.4) is 0 Å². The van der Waals surface area contributed by atoms with E-state index in [1.807, 2.05) is 18.2 Å². The lowest BCUT2D eigenvalue weighted by Crippen LogP contribution is -1.99. The Bertz CT molecular complexity index is 628. The first-order valence-electron chi connectivity index (χ1n) is 6.11. The largest absolute Gasteiger partial charge is 0.454 e. The fourth-order valence-electron chi connectivity index (χ4n) is 2.13. The van der Waals surface area contributed by atoms with E-state index in [-0.39, 0.29) is 17.4 Å². The molecule has 0 amide bonds. The molecule has 2 nitrogen and oxygen atoms in total. The van der Waals surface area contributed by atoms with Crippen LogP contribution in [0.2, 0.25) is 5.02 Å². The van der Waals surface area contributed by atoms with E-state index < -0.39 is 0 Å². The Hall–Kier alpha value is -1.26. The lowest BCUT2D eigenvalue weighted by molar-refractivity contribution is 0.174. The first-order valence-corrected chi connectivity index (χ1v) is 7.41. The van der Waals surface area contributed by atoms with Gasteiger partial charge in [0.2, 0.25) is 6.79 Å². The molecule has 1 aliphatic heterocycles. The van der Waals surface area contributed by atoms with Crippen LogP contribution in [-0.4, -0.2) is 6.79 Å². The van der Waals surface area contributed by atoms with Crippen molar-refractivity contribution in [1.29, 1.82) is 0 Å². The molecule has 3 rings (SSSR count). The van der Waals surface area contributed by atoms with Gasteiger partial charge in [0, 0.05) is 15.4 Å². The Labute approximate surface area is 129 Å². The molecule has 0 aliphatic carbocycles. The van der Waals surface area contributed by atoms with Crippen LogP contribution in [0.4, 0.5) is 4.39 Å². The van der Waals surface area contributed by atoms with Gasteiger partial charge in [-0.05, 0) is 36.2 Å². The van der Waals surface area contributed by atoms with Gasteiger partial charge in [-0.1, -0.05) is 39.7 Å². The number of fused-ring (bicyclic) bond motifs is 1. The molecule has 0 saturated carbocycles. The summed E-state index contributed by atoms with van der Waals surface area (Å²) in [6, 6.07) is 10.4. The van der Waals surface area contributed by atoms with Crippen molar-refractivity contribution in [2.75, 3.05) is 6.79 Å². The average Bonchev–Trinajstić information content (AvgIpc) is 2.90. The van der Waals surface area contributed by atoms with Crippen LogP contribution in [0.15, 0.2) is 36.4 Å². The monoisotopic (exact) mass is 356 g/mol. The molecule has 1 unspecified atom stereocenters. The third-order valence-electron chi connectivity index (χ3n) is 3.20. The highest BCUT2D eigenvalue weighted by Gasteiger charge is 2.18. The van der Waals surface area contributed by atoms with E-state index in [4.69, 9.17) is 21.1 Å². The lowest BCUT2D eigenvalue weighted by Gasteiger charge is -2.13. The van der Waals surface area contributed by atoms with Gasteiger partial charge in [0.25, 0.3) is 0 Å². The van der Waals surface area contributed by atoms with Crippen LogP contribution in [0.25, 0.3) is 0 Å². The van der Waals surface area contributed by atoms with Crippen LogP contribution in [-0.2, 0) is 6.42 Å². The lowest BCUT2D eigenvalue weighted by atomic mass is 10.0. The minimum Gasteiger partial charge on any atom is -0.454 e. The van der Waals surface area contributed by atoms with Crippen LogP contribution in [0.1, 0.15) is 16.0 Å². The third-order valence-corrected chi connectivity index (χ3v) is 4.41. The topological polar surface area (TPSA) is 18.5 Å². The van der Waals surface area contributed by atoms with Crippen molar-refractivity contribution >= 4 is 27.5 Å². The van der Waals surface area contributed by atoms with Gasteiger partial charge in [-0.25, -0.2) is 4.39 Å². The van der Waals surface area contributed by atoms with Crippen LogP contribution < -0.4 is 9.47 Å². The fraction of sp³-hybridized carbons (Fsp3) is 0.200. The van der Waals surface area contributed by atoms with E-state index in [1.54, 1.807) is 12.1 Å². The number of alkyl halides is 1. The standard InChI is InChI=1S/C15H11BrClFO2/c16-11(7-10-12(17)2-1-3-13(10)18)9-4-5-14-15(6-9)20-8-19-14/h1-6,11H,7-8H2. The van der Waals surface area contributed by atoms with Gasteiger partial charge in [0.15, 0.2) is 11.5 Å². The van der Waals surface area contributed by atoms with Crippen molar-refractivity contribution in [1.82, 2.24) is 0 Å². The van der Waals surface area contributed by atoms with Gasteiger partial charge in [0.1, 0.15) is 5.82 Å². The zero-order chi connectivity index (χ0) is 14.1. The molecule has 2 aromatic rings. The number of hydrogen-bond acceptors (Lipinski definition) is 2. The Morgan fingerprint density at radius 2 is 2.00 bits per heavy atom. The Balaban J connectivity index is 1.84. The van der Waals surface area contributed by atoms with E-state index in [0.717, 1.165) is 11.3 Å². The van der Waals surface area contributed by atoms with E-state index in [1.165, 1.54) is 6.07 Å². The number of halogens is 3. The Morgan fingerprint density at radius 3 is 2.80 bits per heavy atom. The van der Waals surface area contributed by atoms with Gasteiger partial charge < -0.3 is 9.47 Å². The molecule has 20 heavy (non-hydrogen) atoms. The van der Waals surface area contributed by atoms with E-state index in [2.05, 4.69) is 15.9 Å². The summed E-state index contributed by atoms with van der Waals surface area (Å²) in [5.74, 6) is 1.16. The molecule has 0 spiro atoms. The molecule has 0 aromatic heterocycles. The number of benzene rings is 2. The zero-order valence-electron chi connectivity index (χ0n) is 10.4. The van der Waals surface area contributed by atoms with Crippen LogP contribution >= 0.6 is 27.5 Å². The molecule has 0 bridgehead atoms. The molecular formula is C15H11BrClFO2. The fourth-order valence-corrected chi connectivity index (χ4v) is 2.98. The summed E-state index contributed by atoms with van der Waals surface area (Å²) < 4.78 is 24.4. The summed E-state index contributed by atoms with van der Waals surface area (Å²) in [7, 11) is 0. The number of hydrogen-bond donors (Lipinski definition) is 0. The molecule has 5 heteroatoms. The summed E-state index contributed by atoms with van der Waals surface area (Å²) in [6.07, 6.45) is 0.463. The molecule has 104 valence electrons. The SMILES string of the molecule is Fc1cccc(Cl)c1CC(Br)c1ccc2c(c1)OCO2. The van der Waals surface area contributed by atoms with Gasteiger partial charge in [-0.15, -0.1) is 0 Å². The van der Waals surface area contributed by atoms with Gasteiger partial charge in [-0.3, -0.25) is 0 Å². The maximum Gasteiger partial charge on any atom is 0.231 e. The molecule has 0 fully saturated rings. The summed E-state index contributed by atoms with van der Waals surface area (Å²) in [5.41, 5.74) is 1.50. The molecule has 0 saturated heterocycles. The molecule has 1 aliphatic rings. The minimum atomic E-state index is -0.289. The highest BCUT2D eigenvalue weighted by atomic mass is 79.9. The van der Waals surface area contributed by atoms with Gasteiger partial charge >= 0.3 is 0 Å². The molecule has 1 atom stereocenters. The van der Waals surface area contributed by atoms with Crippen molar-refractivity contribution in [3.8, 4) is 11.5 Å². The summed E-state index contributed by atoms with van der Waals surface area (Å²) in [4.78, 5) is -0.0496. The van der Waals surface area contributed by atoms with Crippen molar-refractivity contribution in [2.45, 2.75) is 11.2 Å². The first-order chi connectivity index (χ1) is 9.65. The molecule has 0 N–H and O–H groups in total. The molecule has 2 aromatic carbocycles. The van der Waals surface area contributed by atoms with Crippen LogP contribution in [0.5, 0.6) is 11.5 Å². The highest BCUT2D eigenvalue weighted by molar-refractivity contribution is 9.09. The highest BCUT2D eigenvalue weighted by Crippen LogP contribution is 2.38. The minimum absolute atomic E-state index is 0.0496. The number of ether oxygens (including phenoxy) is 2. The second kappa shape index (κ2) is 5.62. The maximum atomic E-state index is 13.8. The van der Waals surface area contributed by atoms with Gasteiger partial charge in [-0.2, -0.15) is 0 Å². The predicted molar refractivity (Wildman–Crippen MR) is 79.3 cm³/mol. The molecule has 1 heterocycles. The smallest absolute Gasteiger partial charge is 0.231 e. The molecule has 0 radical (unpaired) electrons. The third kappa shape index (κ3) is 2.63. The normalized spacial score (nSPS) is 14.3. The van der Waals surface area contributed by atoms with Crippen molar-refractivity contribution in [3.05, 3.63) is 58.4 Å². The number of rotatable bonds is 3. The predicted octanol–water partition coefficient (Wildman–Crippen LogP) is 4.89. The summed E-state index contributed by atoms with van der Waals surface area (Å²) in [5, 5.41) is 0.440. The van der Waals surface area contributed by atoms with E-state index in [9.17, 15) is 4.39 Å². The Morgan fingerprint density at radius 1 is 1.20 bits per heavy atom. The van der Waals surface area contributed by atoms with Crippen molar-refractivity contribution in [3.63, 3.8) is 0 Å². The summed E-state index contributed by atoms with van der Waals surface area (Å²) >= 11 is 9.63. The zero-order valence-corrected chi connectivity index (χ0v) is 12.7. The Kier molecular flexibility index (Phi) is 3.85. The maximum absolute atomic E-state index is 13.8. The van der Waals surface area contributed by atoms with E-state index in [0.29, 0.717) is 22.8 Å². The quantitative estimate of drug-likeness (QED) is 0.728. The second-order valence-corrected chi connectivity index (χ2v) is 6.00.